The molecule has 5 aromatic carbocycles. The Hall–Kier alpha value is -4.98. The Morgan fingerprint density at radius 3 is 1.60 bits per heavy atom. The molecule has 12 atom stereocenters. The SMILES string of the molecule is C=C=C(C)CC(CC[C@@H]1O[C@@H](CC(C(=O)C[C@H]2O[C@H]3[C@@H](O[Si](c4ccccc4)(c4ccccc4)C(C)(C)C)[C@H]4O[C@@H](CC=O)CC[C@@H]4O[C@H]3[C@H]2O[Si](c2ccccc2)(c2ccccc2)C(C)(C)C)S(=O)(=O)c2ccccc2)CC1=C)O[Si](CC)(CC)CC. The van der Waals surface area contributed by atoms with Crippen LogP contribution in [0.4, 0.5) is 0 Å². The van der Waals surface area contributed by atoms with Crippen molar-refractivity contribution in [2.75, 3.05) is 0 Å². The highest BCUT2D eigenvalue weighted by Gasteiger charge is 2.65. The molecule has 88 heavy (non-hydrogen) atoms. The Labute approximate surface area is 529 Å². The van der Waals surface area contributed by atoms with Crippen LogP contribution in [0.5, 0.6) is 0 Å². The number of fused-ring (bicyclic) bond motifs is 2. The topological polar surface area (TPSA) is 133 Å². The summed E-state index contributed by atoms with van der Waals surface area (Å²) in [4.78, 5) is 28.5. The zero-order valence-electron chi connectivity index (χ0n) is 53.7. The predicted octanol–water partition coefficient (Wildman–Crippen LogP) is 12.7. The third-order valence-corrected chi connectivity index (χ3v) is 36.5. The number of Topliss-reactive ketones (excluding diaryl/α,β-unsaturated/α-hetero) is 1. The van der Waals surface area contributed by atoms with Gasteiger partial charge in [0.1, 0.15) is 42.1 Å². The van der Waals surface area contributed by atoms with Crippen LogP contribution in [0, 0.1) is 0 Å². The van der Waals surface area contributed by atoms with Gasteiger partial charge in [-0.05, 0) is 118 Å². The minimum absolute atomic E-state index is 0.0516. The van der Waals surface area contributed by atoms with Crippen LogP contribution in [0.1, 0.15) is 127 Å². The molecule has 0 radical (unpaired) electrons. The summed E-state index contributed by atoms with van der Waals surface area (Å²) in [6.45, 7) is 30.5. The van der Waals surface area contributed by atoms with E-state index >= 15 is 13.2 Å². The molecule has 4 heterocycles. The van der Waals surface area contributed by atoms with E-state index in [2.05, 4.69) is 154 Å². The van der Waals surface area contributed by atoms with E-state index < -0.39 is 105 Å². The highest BCUT2D eigenvalue weighted by Crippen LogP contribution is 2.49. The fourth-order valence-electron chi connectivity index (χ4n) is 14.7. The minimum Gasteiger partial charge on any atom is -0.414 e. The normalized spacial score (nSPS) is 25.0. The van der Waals surface area contributed by atoms with E-state index in [1.165, 1.54) is 0 Å². The van der Waals surface area contributed by atoms with Gasteiger partial charge in [-0.2, -0.15) is 0 Å². The second-order valence-corrected chi connectivity index (χ2v) is 42.4. The van der Waals surface area contributed by atoms with Crippen LogP contribution in [0.2, 0.25) is 28.2 Å². The van der Waals surface area contributed by atoms with E-state index in [0.29, 0.717) is 32.1 Å². The Balaban J connectivity index is 1.15. The van der Waals surface area contributed by atoms with Gasteiger partial charge in [-0.1, -0.05) is 215 Å². The summed E-state index contributed by atoms with van der Waals surface area (Å²) in [6.07, 6.45) is -2.73. The molecule has 0 amide bonds. The van der Waals surface area contributed by atoms with Crippen LogP contribution in [-0.4, -0.2) is 118 Å². The molecule has 0 bridgehead atoms. The van der Waals surface area contributed by atoms with Gasteiger partial charge in [0.2, 0.25) is 0 Å². The second kappa shape index (κ2) is 28.7. The molecular weight excluding hydrogens is 1170 g/mol. The van der Waals surface area contributed by atoms with Gasteiger partial charge in [0.25, 0.3) is 16.6 Å². The quantitative estimate of drug-likeness (QED) is 0.0215. The summed E-state index contributed by atoms with van der Waals surface area (Å²) in [5.41, 5.74) is 5.00. The average Bonchev–Trinajstić information content (AvgIpc) is 1.28. The van der Waals surface area contributed by atoms with Crippen LogP contribution in [0.15, 0.2) is 187 Å². The number of hydrogen-bond acceptors (Lipinski definition) is 11. The van der Waals surface area contributed by atoms with E-state index in [4.69, 9.17) is 32.2 Å². The van der Waals surface area contributed by atoms with E-state index in [1.807, 2.05) is 55.5 Å². The molecule has 4 saturated heterocycles. The maximum absolute atomic E-state index is 16.1. The number of hydrogen-bond donors (Lipinski definition) is 0. The number of carbonyl (C=O) groups is 2. The Morgan fingerprint density at radius 1 is 0.659 bits per heavy atom. The summed E-state index contributed by atoms with van der Waals surface area (Å²) >= 11 is 0. The molecule has 0 aromatic heterocycles. The number of ketones is 1. The van der Waals surface area contributed by atoms with E-state index in [-0.39, 0.29) is 42.5 Å². The number of ether oxygens (including phenoxy) is 4. The van der Waals surface area contributed by atoms with Gasteiger partial charge in [-0.25, -0.2) is 8.42 Å². The zero-order chi connectivity index (χ0) is 63.1. The molecule has 15 heteroatoms. The van der Waals surface area contributed by atoms with Crippen LogP contribution in [0.3, 0.4) is 0 Å². The van der Waals surface area contributed by atoms with E-state index in [1.54, 1.807) is 30.3 Å². The lowest BCUT2D eigenvalue weighted by molar-refractivity contribution is -0.254. The van der Waals surface area contributed by atoms with Gasteiger partial charge in [-0.15, -0.1) is 5.73 Å². The van der Waals surface area contributed by atoms with Crippen molar-refractivity contribution in [1.29, 1.82) is 0 Å². The monoisotopic (exact) mass is 1260 g/mol. The molecule has 0 aliphatic carbocycles. The van der Waals surface area contributed by atoms with Gasteiger partial charge in [0.05, 0.1) is 35.4 Å². The molecule has 9 rings (SSSR count). The van der Waals surface area contributed by atoms with Crippen LogP contribution < -0.4 is 20.7 Å². The second-order valence-electron chi connectivity index (χ2n) is 27.1. The molecule has 0 saturated carbocycles. The Morgan fingerprint density at radius 2 is 1.14 bits per heavy atom. The molecule has 0 N–H and O–H groups in total. The molecule has 4 fully saturated rings. The first kappa shape index (κ1) is 67.4. The first-order chi connectivity index (χ1) is 42.1. The first-order valence-corrected chi connectivity index (χ1v) is 40.1. The smallest absolute Gasteiger partial charge is 0.261 e. The van der Waals surface area contributed by atoms with Crippen LogP contribution in [0.25, 0.3) is 0 Å². The van der Waals surface area contributed by atoms with Crippen molar-refractivity contribution in [3.63, 3.8) is 0 Å². The predicted molar refractivity (Wildman–Crippen MR) is 359 cm³/mol. The number of aldehydes is 1. The lowest BCUT2D eigenvalue weighted by Gasteiger charge is -2.53. The van der Waals surface area contributed by atoms with E-state index in [9.17, 15) is 4.79 Å². The highest BCUT2D eigenvalue weighted by molar-refractivity contribution is 7.92. The van der Waals surface area contributed by atoms with Crippen LogP contribution in [-0.2, 0) is 51.7 Å². The summed E-state index contributed by atoms with van der Waals surface area (Å²) in [7, 11) is -13.2. The van der Waals surface area contributed by atoms with Crippen molar-refractivity contribution in [3.8, 4) is 0 Å². The Kier molecular flexibility index (Phi) is 22.0. The number of benzene rings is 5. The molecule has 11 nitrogen and oxygen atoms in total. The van der Waals surface area contributed by atoms with Gasteiger partial charge in [0.15, 0.2) is 23.9 Å². The van der Waals surface area contributed by atoms with Crippen molar-refractivity contribution in [2.24, 2.45) is 0 Å². The number of sulfone groups is 1. The third kappa shape index (κ3) is 14.1. The lowest BCUT2D eigenvalue weighted by Crippen LogP contribution is -2.73. The standard InChI is InChI=1S/C73H96O11SSi3/c1-13-52(5)48-55(82-86(14-2,15-3)16-4)43-44-63-53(6)49-56(78-63)50-66(85(76,77)57-32-22-17-23-33-57)62(75)51-65-68(83-87(72(7,8)9,58-34-24-18-25-35-58)59-36-26-19-27-37-59)69-70(81-65)71(67-64(80-69)45-42-54(79-67)46-47-74)84-88(73(10,11)12,60-38-28-20-29-39-60)61-40-30-21-31-41-61/h17-41,47,54-56,63-71H,1,6,14-16,42-46,48-51H2,2-5,7-12H3/t54-,55?,56-,63+,64+,65-,66?,67+,68+,69+,70-,71+/m1/s1. The summed E-state index contributed by atoms with van der Waals surface area (Å²) in [5, 5.41) is 1.68. The molecule has 0 spiro atoms. The summed E-state index contributed by atoms with van der Waals surface area (Å²) in [5.74, 6) is -0.509. The third-order valence-electron chi connectivity index (χ3n) is 19.6. The highest BCUT2D eigenvalue weighted by atomic mass is 32.2. The van der Waals surface area contributed by atoms with Crippen molar-refractivity contribution in [3.05, 3.63) is 182 Å². The summed E-state index contributed by atoms with van der Waals surface area (Å²) < 4.78 is 83.6. The molecule has 4 aliphatic rings. The first-order valence-electron chi connectivity index (χ1n) is 32.2. The Bertz CT molecular complexity index is 3190. The molecule has 5 aromatic rings. The van der Waals surface area contributed by atoms with Crippen molar-refractivity contribution in [2.45, 2.75) is 233 Å². The van der Waals surface area contributed by atoms with Gasteiger partial charge in [0, 0.05) is 25.4 Å². The number of rotatable bonds is 27. The van der Waals surface area contributed by atoms with Gasteiger partial charge < -0.3 is 37.0 Å². The lowest BCUT2D eigenvalue weighted by atomic mass is 9.88. The van der Waals surface area contributed by atoms with Crippen LogP contribution >= 0.6 is 0 Å². The maximum atomic E-state index is 16.1. The fraction of sp³-hybridized carbons (Fsp3) is 0.493. The van der Waals surface area contributed by atoms with Gasteiger partial charge in [-0.3, -0.25) is 4.79 Å². The van der Waals surface area contributed by atoms with E-state index in [0.717, 1.165) is 62.7 Å². The van der Waals surface area contributed by atoms with Crippen molar-refractivity contribution < 1.29 is 50.2 Å². The fourth-order valence-corrected chi connectivity index (χ4v) is 28.8. The number of carbonyl (C=O) groups excluding carboxylic acids is 2. The minimum atomic E-state index is -4.34. The molecular formula is C73H96O11SSi3. The summed E-state index contributed by atoms with van der Waals surface area (Å²) in [6, 6.07) is 53.0. The molecule has 472 valence electrons. The van der Waals surface area contributed by atoms with Gasteiger partial charge >= 0.3 is 0 Å². The molecule has 4 aliphatic heterocycles. The van der Waals surface area contributed by atoms with Crippen molar-refractivity contribution >= 4 is 67.6 Å². The van der Waals surface area contributed by atoms with Crippen molar-refractivity contribution in [1.82, 2.24) is 0 Å². The zero-order valence-corrected chi connectivity index (χ0v) is 57.6. The molecule has 2 unspecified atom stereocenters. The maximum Gasteiger partial charge on any atom is 0.261 e. The average molecular weight is 1270 g/mol. The largest absolute Gasteiger partial charge is 0.414 e.